The summed E-state index contributed by atoms with van der Waals surface area (Å²) in [6, 6.07) is 11.3. The number of aryl methyl sites for hydroxylation is 2. The highest BCUT2D eigenvalue weighted by molar-refractivity contribution is 7.92. The second-order valence-electron chi connectivity index (χ2n) is 8.77. The van der Waals surface area contributed by atoms with Gasteiger partial charge in [-0.15, -0.1) is 0 Å². The van der Waals surface area contributed by atoms with Crippen LogP contribution in [0.5, 0.6) is 0 Å². The average molecular weight is 519 g/mol. The number of carbonyl (C=O) groups is 2. The molecule has 1 N–H and O–H groups in total. The van der Waals surface area contributed by atoms with Crippen LogP contribution in [0, 0.1) is 6.92 Å². The van der Waals surface area contributed by atoms with Gasteiger partial charge in [-0.1, -0.05) is 23.7 Å². The van der Waals surface area contributed by atoms with Crippen molar-refractivity contribution in [2.75, 3.05) is 19.0 Å². The minimum atomic E-state index is -3.86. The Morgan fingerprint density at radius 3 is 2.60 bits per heavy atom. The molecule has 0 radical (unpaired) electrons. The van der Waals surface area contributed by atoms with Crippen LogP contribution in [0.1, 0.15) is 41.0 Å². The van der Waals surface area contributed by atoms with Gasteiger partial charge in [0.05, 0.1) is 34.7 Å². The quantitative estimate of drug-likeness (QED) is 0.478. The standard InChI is InChI=1S/C25H27ClN2O6S/c1-15-10-21(26)20-12-23(28(3)22(20)11-15)25(30)27-16(2)17-4-6-19(7-5-17)35(31,32)14-24(29)34-18-8-9-33-13-18/h4-7,10-12,16,18H,8-9,13-14H2,1-3H3,(H,27,30)/t16?,18-/m1/s1. The first kappa shape index (κ1) is 25.2. The van der Waals surface area contributed by atoms with Gasteiger partial charge in [0.2, 0.25) is 0 Å². The summed E-state index contributed by atoms with van der Waals surface area (Å²) < 4.78 is 37.3. The summed E-state index contributed by atoms with van der Waals surface area (Å²) >= 11 is 6.35. The molecule has 1 aliphatic rings. The zero-order chi connectivity index (χ0) is 25.3. The van der Waals surface area contributed by atoms with Crippen LogP contribution in [0.3, 0.4) is 0 Å². The third-order valence-corrected chi connectivity index (χ3v) is 7.99. The molecule has 0 bridgehead atoms. The molecule has 1 saturated heterocycles. The smallest absolute Gasteiger partial charge is 0.321 e. The van der Waals surface area contributed by atoms with Gasteiger partial charge in [-0.25, -0.2) is 8.42 Å². The predicted molar refractivity (Wildman–Crippen MR) is 132 cm³/mol. The number of amides is 1. The van der Waals surface area contributed by atoms with Crippen LogP contribution in [-0.2, 0) is 31.2 Å². The number of rotatable bonds is 7. The summed E-state index contributed by atoms with van der Waals surface area (Å²) in [5.41, 5.74) is 3.04. The van der Waals surface area contributed by atoms with Gasteiger partial charge in [0.25, 0.3) is 5.91 Å². The van der Waals surface area contributed by atoms with Gasteiger partial charge in [0.1, 0.15) is 11.8 Å². The SMILES string of the molecule is Cc1cc(Cl)c2cc(C(=O)NC(C)c3ccc(S(=O)(=O)CC(=O)O[C@@H]4CCOC4)cc3)n(C)c2c1. The lowest BCUT2D eigenvalue weighted by Crippen LogP contribution is -2.28. The normalized spacial score (nSPS) is 16.9. The molecule has 8 nitrogen and oxygen atoms in total. The Hall–Kier alpha value is -2.88. The number of nitrogens with one attached hydrogen (secondary N) is 1. The lowest BCUT2D eigenvalue weighted by atomic mass is 10.1. The first-order valence-corrected chi connectivity index (χ1v) is 13.2. The fourth-order valence-electron chi connectivity index (χ4n) is 4.12. The number of sulfone groups is 1. The lowest BCUT2D eigenvalue weighted by molar-refractivity contribution is -0.145. The van der Waals surface area contributed by atoms with Crippen molar-refractivity contribution in [3.63, 3.8) is 0 Å². The number of benzene rings is 2. The third kappa shape index (κ3) is 5.52. The van der Waals surface area contributed by atoms with Gasteiger partial charge in [0.15, 0.2) is 15.6 Å². The molecule has 186 valence electrons. The minimum Gasteiger partial charge on any atom is -0.459 e. The van der Waals surface area contributed by atoms with E-state index in [0.717, 1.165) is 22.0 Å². The first-order valence-electron chi connectivity index (χ1n) is 11.2. The fourth-order valence-corrected chi connectivity index (χ4v) is 5.54. The molecule has 2 atom stereocenters. The third-order valence-electron chi connectivity index (χ3n) is 6.07. The molecule has 1 fully saturated rings. The van der Waals surface area contributed by atoms with E-state index in [9.17, 15) is 18.0 Å². The molecular formula is C25H27ClN2O6S. The monoisotopic (exact) mass is 518 g/mol. The molecule has 10 heteroatoms. The number of aromatic nitrogens is 1. The zero-order valence-electron chi connectivity index (χ0n) is 19.7. The Balaban J connectivity index is 1.43. The minimum absolute atomic E-state index is 0.0121. The molecule has 1 unspecified atom stereocenters. The van der Waals surface area contributed by atoms with Crippen molar-refractivity contribution in [3.8, 4) is 0 Å². The lowest BCUT2D eigenvalue weighted by Gasteiger charge is -2.15. The van der Waals surface area contributed by atoms with Crippen molar-refractivity contribution in [2.24, 2.45) is 7.05 Å². The highest BCUT2D eigenvalue weighted by Crippen LogP contribution is 2.28. The number of carbonyl (C=O) groups excluding carboxylic acids is 2. The van der Waals surface area contributed by atoms with E-state index in [-0.39, 0.29) is 23.5 Å². The van der Waals surface area contributed by atoms with Gasteiger partial charge in [-0.05, 0) is 55.3 Å². The van der Waals surface area contributed by atoms with Gasteiger partial charge < -0.3 is 19.4 Å². The molecule has 2 heterocycles. The Morgan fingerprint density at radius 2 is 1.94 bits per heavy atom. The van der Waals surface area contributed by atoms with Crippen LogP contribution >= 0.6 is 11.6 Å². The highest BCUT2D eigenvalue weighted by atomic mass is 35.5. The maximum Gasteiger partial charge on any atom is 0.321 e. The maximum absolute atomic E-state index is 13.0. The molecule has 2 aromatic carbocycles. The molecule has 1 aromatic heterocycles. The second-order valence-corrected chi connectivity index (χ2v) is 11.2. The number of halogens is 1. The first-order chi connectivity index (χ1) is 16.5. The van der Waals surface area contributed by atoms with E-state index in [1.807, 2.05) is 33.0 Å². The summed E-state index contributed by atoms with van der Waals surface area (Å²) in [5.74, 6) is -1.81. The summed E-state index contributed by atoms with van der Waals surface area (Å²) in [4.78, 5) is 25.0. The summed E-state index contributed by atoms with van der Waals surface area (Å²) in [6.45, 7) is 4.53. The van der Waals surface area contributed by atoms with Crippen molar-refractivity contribution in [2.45, 2.75) is 37.3 Å². The van der Waals surface area contributed by atoms with Crippen molar-refractivity contribution in [3.05, 3.63) is 64.3 Å². The second kappa shape index (κ2) is 10.0. The average Bonchev–Trinajstić information content (AvgIpc) is 3.41. The van der Waals surface area contributed by atoms with Crippen LogP contribution in [0.4, 0.5) is 0 Å². The summed E-state index contributed by atoms with van der Waals surface area (Å²) in [6.07, 6.45) is 0.168. The highest BCUT2D eigenvalue weighted by Gasteiger charge is 2.25. The van der Waals surface area contributed by atoms with Crippen LogP contribution in [0.25, 0.3) is 10.9 Å². The van der Waals surface area contributed by atoms with Crippen molar-refractivity contribution in [1.82, 2.24) is 9.88 Å². The van der Waals surface area contributed by atoms with Crippen LogP contribution in [-0.4, -0.2) is 49.9 Å². The zero-order valence-corrected chi connectivity index (χ0v) is 21.3. The number of esters is 1. The summed E-state index contributed by atoms with van der Waals surface area (Å²) in [5, 5.41) is 4.32. The molecule has 0 spiro atoms. The molecule has 3 aromatic rings. The number of hydrogen-bond acceptors (Lipinski definition) is 6. The van der Waals surface area contributed by atoms with Gasteiger partial charge >= 0.3 is 5.97 Å². The van der Waals surface area contributed by atoms with Crippen molar-refractivity contribution < 1.29 is 27.5 Å². The van der Waals surface area contributed by atoms with Crippen LogP contribution in [0.15, 0.2) is 47.4 Å². The van der Waals surface area contributed by atoms with E-state index in [4.69, 9.17) is 21.1 Å². The molecular weight excluding hydrogens is 492 g/mol. The van der Waals surface area contributed by atoms with Crippen LogP contribution in [0.2, 0.25) is 5.02 Å². The largest absolute Gasteiger partial charge is 0.459 e. The van der Waals surface area contributed by atoms with Gasteiger partial charge in [-0.2, -0.15) is 0 Å². The van der Waals surface area contributed by atoms with E-state index in [2.05, 4.69) is 5.32 Å². The van der Waals surface area contributed by atoms with E-state index < -0.39 is 27.7 Å². The fraction of sp³-hybridized carbons (Fsp3) is 0.360. The number of nitrogens with zero attached hydrogens (tertiary/aromatic N) is 1. The number of ether oxygens (including phenoxy) is 2. The van der Waals surface area contributed by atoms with E-state index in [0.29, 0.717) is 23.7 Å². The molecule has 0 saturated carbocycles. The van der Waals surface area contributed by atoms with Crippen molar-refractivity contribution >= 4 is 44.2 Å². The van der Waals surface area contributed by atoms with Crippen molar-refractivity contribution in [1.29, 1.82) is 0 Å². The Morgan fingerprint density at radius 1 is 1.23 bits per heavy atom. The van der Waals surface area contributed by atoms with Gasteiger partial charge in [0, 0.05) is 18.9 Å². The number of fused-ring (bicyclic) bond motifs is 1. The topological polar surface area (TPSA) is 104 Å². The molecule has 35 heavy (non-hydrogen) atoms. The molecule has 1 amide bonds. The van der Waals surface area contributed by atoms with Crippen LogP contribution < -0.4 is 5.32 Å². The van der Waals surface area contributed by atoms with E-state index in [1.165, 1.54) is 12.1 Å². The Kier molecular flexibility index (Phi) is 7.21. The number of hydrogen-bond donors (Lipinski definition) is 1. The molecule has 1 aliphatic heterocycles. The maximum atomic E-state index is 13.0. The summed E-state index contributed by atoms with van der Waals surface area (Å²) in [7, 11) is -2.05. The van der Waals surface area contributed by atoms with Gasteiger partial charge in [-0.3, -0.25) is 9.59 Å². The molecule has 4 rings (SSSR count). The Bertz CT molecular complexity index is 1380. The predicted octanol–water partition coefficient (Wildman–Crippen LogP) is 3.74. The molecule has 0 aliphatic carbocycles. The Labute approximate surface area is 209 Å². The van der Waals surface area contributed by atoms with E-state index >= 15 is 0 Å². The van der Waals surface area contributed by atoms with E-state index in [1.54, 1.807) is 22.8 Å².